The number of likely N-dealkylation sites (tertiary alicyclic amines) is 1. The fourth-order valence-electron chi connectivity index (χ4n) is 5.21. The van der Waals surface area contributed by atoms with E-state index in [1.165, 1.54) is 6.92 Å². The number of hydrogen-bond donors (Lipinski definition) is 2. The van der Waals surface area contributed by atoms with Gasteiger partial charge in [-0.3, -0.25) is 9.69 Å². The zero-order chi connectivity index (χ0) is 22.8. The number of aromatic nitrogens is 2. The summed E-state index contributed by atoms with van der Waals surface area (Å²) in [6.45, 7) is 4.23. The van der Waals surface area contributed by atoms with Gasteiger partial charge in [0.05, 0.1) is 5.69 Å². The normalized spacial score (nSPS) is 22.2. The van der Waals surface area contributed by atoms with Crippen molar-refractivity contribution in [2.45, 2.75) is 32.4 Å². The molecule has 0 radical (unpaired) electrons. The van der Waals surface area contributed by atoms with Crippen molar-refractivity contribution in [3.05, 3.63) is 72.0 Å². The molecule has 7 heteroatoms. The number of nitrogens with one attached hydrogen (secondary N) is 2. The highest BCUT2D eigenvalue weighted by molar-refractivity contribution is 5.88. The average Bonchev–Trinajstić information content (AvgIpc) is 3.34. The summed E-state index contributed by atoms with van der Waals surface area (Å²) in [6, 6.07) is 19.0. The molecule has 5 rings (SSSR count). The predicted octanol–water partition coefficient (Wildman–Crippen LogP) is 4.56. The zero-order valence-electron chi connectivity index (χ0n) is 18.7. The third kappa shape index (κ3) is 5.03. The molecule has 1 saturated carbocycles. The molecule has 2 aliphatic rings. The Kier molecular flexibility index (Phi) is 6.05. The van der Waals surface area contributed by atoms with Crippen molar-refractivity contribution in [3.63, 3.8) is 0 Å². The molecule has 2 aromatic carbocycles. The van der Waals surface area contributed by atoms with Crippen LogP contribution in [0.15, 0.2) is 60.7 Å². The Balaban J connectivity index is 1.14. The number of amides is 1. The summed E-state index contributed by atoms with van der Waals surface area (Å²) >= 11 is 0. The number of benzene rings is 2. The maximum Gasteiger partial charge on any atom is 0.221 e. The number of rotatable bonds is 6. The minimum atomic E-state index is -0.111. The van der Waals surface area contributed by atoms with E-state index < -0.39 is 0 Å². The van der Waals surface area contributed by atoms with E-state index in [0.717, 1.165) is 54.3 Å². The maximum absolute atomic E-state index is 14.0. The van der Waals surface area contributed by atoms with Crippen LogP contribution in [-0.2, 0) is 11.3 Å². The highest BCUT2D eigenvalue weighted by Crippen LogP contribution is 2.39. The Bertz CT molecular complexity index is 1100. The highest BCUT2D eigenvalue weighted by atomic mass is 19.1. The monoisotopic (exact) mass is 445 g/mol. The number of nitrogens with zero attached hydrogens (tertiary/aromatic N) is 3. The second kappa shape index (κ2) is 9.27. The minimum absolute atomic E-state index is 0.0909. The summed E-state index contributed by atoms with van der Waals surface area (Å²) < 4.78 is 14.0. The van der Waals surface area contributed by atoms with Gasteiger partial charge in [0.1, 0.15) is 11.6 Å². The van der Waals surface area contributed by atoms with Crippen molar-refractivity contribution in [2.24, 2.45) is 11.8 Å². The first-order valence-corrected chi connectivity index (χ1v) is 11.5. The van der Waals surface area contributed by atoms with Gasteiger partial charge in [0.2, 0.25) is 5.91 Å². The number of hydrogen-bond acceptors (Lipinski definition) is 5. The zero-order valence-corrected chi connectivity index (χ0v) is 18.7. The number of anilines is 2. The molecule has 2 N–H and O–H groups in total. The van der Waals surface area contributed by atoms with Crippen molar-refractivity contribution in [1.82, 2.24) is 15.1 Å². The molecule has 1 amide bonds. The minimum Gasteiger partial charge on any atom is -0.366 e. The Morgan fingerprint density at radius 1 is 1.00 bits per heavy atom. The molecule has 2 heterocycles. The topological polar surface area (TPSA) is 70.2 Å². The fraction of sp³-hybridized carbons (Fsp3) is 0.346. The molecule has 6 nitrogen and oxygen atoms in total. The van der Waals surface area contributed by atoms with E-state index in [1.807, 2.05) is 48.5 Å². The Morgan fingerprint density at radius 3 is 2.36 bits per heavy atom. The van der Waals surface area contributed by atoms with Crippen LogP contribution in [0.1, 0.15) is 25.3 Å². The van der Waals surface area contributed by atoms with Crippen LogP contribution in [0.2, 0.25) is 0 Å². The Morgan fingerprint density at radius 2 is 1.73 bits per heavy atom. The van der Waals surface area contributed by atoms with Gasteiger partial charge in [-0.25, -0.2) is 4.39 Å². The van der Waals surface area contributed by atoms with Crippen molar-refractivity contribution >= 4 is 17.4 Å². The van der Waals surface area contributed by atoms with Crippen LogP contribution >= 0.6 is 0 Å². The highest BCUT2D eigenvalue weighted by Gasteiger charge is 2.40. The molecule has 3 aromatic rings. The van der Waals surface area contributed by atoms with Gasteiger partial charge in [-0.2, -0.15) is 0 Å². The Hall–Kier alpha value is -3.32. The van der Waals surface area contributed by atoms with Gasteiger partial charge >= 0.3 is 0 Å². The van der Waals surface area contributed by atoms with Gasteiger partial charge in [-0.1, -0.05) is 30.3 Å². The summed E-state index contributed by atoms with van der Waals surface area (Å²) in [6.07, 6.45) is 2.21. The van der Waals surface area contributed by atoms with E-state index in [0.29, 0.717) is 24.4 Å². The quantitative estimate of drug-likeness (QED) is 0.582. The molecule has 1 aromatic heterocycles. The molecule has 0 unspecified atom stereocenters. The number of carbonyl (C=O) groups is 1. The fourth-order valence-corrected chi connectivity index (χ4v) is 5.21. The SMILES string of the molecule is CC(=O)Nc1ccc(-c2ccc(N[C@H]3C[C@@H]4CN(Cc5ccccc5F)C[C@@H]4C3)nn2)cc1. The standard InChI is InChI=1S/C26H28FN5O/c1-17(33)28-22-8-6-18(7-9-22)25-10-11-26(31-30-25)29-23-12-20-15-32(16-21(20)13-23)14-19-4-2-3-5-24(19)27/h2-11,20-21,23H,12-16H2,1H3,(H,28,33)(H,29,31)/t20-,21+,23+. The first kappa shape index (κ1) is 21.5. The second-order valence-corrected chi connectivity index (χ2v) is 9.18. The molecule has 33 heavy (non-hydrogen) atoms. The van der Waals surface area contributed by atoms with E-state index >= 15 is 0 Å². The van der Waals surface area contributed by atoms with Crippen molar-refractivity contribution in [3.8, 4) is 11.3 Å². The van der Waals surface area contributed by atoms with Crippen LogP contribution in [0, 0.1) is 17.7 Å². The van der Waals surface area contributed by atoms with Crippen LogP contribution in [0.3, 0.4) is 0 Å². The molecule has 0 spiro atoms. The summed E-state index contributed by atoms with van der Waals surface area (Å²) in [7, 11) is 0. The van der Waals surface area contributed by atoms with Crippen molar-refractivity contribution in [2.75, 3.05) is 23.7 Å². The van der Waals surface area contributed by atoms with Crippen molar-refractivity contribution in [1.29, 1.82) is 0 Å². The molecule has 3 atom stereocenters. The van der Waals surface area contributed by atoms with E-state index in [-0.39, 0.29) is 11.7 Å². The smallest absolute Gasteiger partial charge is 0.221 e. The third-order valence-corrected chi connectivity index (χ3v) is 6.70. The lowest BCUT2D eigenvalue weighted by Gasteiger charge is -2.20. The molecule has 0 bridgehead atoms. The molecule has 170 valence electrons. The number of carbonyl (C=O) groups excluding carboxylic acids is 1. The van der Waals surface area contributed by atoms with E-state index in [9.17, 15) is 9.18 Å². The molecular weight excluding hydrogens is 417 g/mol. The van der Waals surface area contributed by atoms with Gasteiger partial charge in [-0.15, -0.1) is 10.2 Å². The first-order valence-electron chi connectivity index (χ1n) is 11.5. The van der Waals surface area contributed by atoms with E-state index in [1.54, 1.807) is 12.1 Å². The van der Waals surface area contributed by atoms with Crippen LogP contribution in [0.25, 0.3) is 11.3 Å². The van der Waals surface area contributed by atoms with Gasteiger partial charge in [0.15, 0.2) is 0 Å². The largest absolute Gasteiger partial charge is 0.366 e. The van der Waals surface area contributed by atoms with Crippen LogP contribution in [-0.4, -0.2) is 40.1 Å². The lowest BCUT2D eigenvalue weighted by atomic mass is 10.0. The van der Waals surface area contributed by atoms with Crippen molar-refractivity contribution < 1.29 is 9.18 Å². The summed E-state index contributed by atoms with van der Waals surface area (Å²) in [5.74, 6) is 1.88. The molecule has 1 aliphatic heterocycles. The van der Waals surface area contributed by atoms with Crippen LogP contribution in [0.4, 0.5) is 15.9 Å². The third-order valence-electron chi connectivity index (χ3n) is 6.70. The van der Waals surface area contributed by atoms with E-state index in [4.69, 9.17) is 0 Å². The number of fused-ring (bicyclic) bond motifs is 1. The molecule has 2 fully saturated rings. The number of halogens is 1. The molecular formula is C26H28FN5O. The Labute approximate surface area is 193 Å². The predicted molar refractivity (Wildman–Crippen MR) is 127 cm³/mol. The first-order chi connectivity index (χ1) is 16.0. The lowest BCUT2D eigenvalue weighted by Crippen LogP contribution is -2.25. The lowest BCUT2D eigenvalue weighted by molar-refractivity contribution is -0.114. The van der Waals surface area contributed by atoms with E-state index in [2.05, 4.69) is 25.7 Å². The molecule has 1 saturated heterocycles. The van der Waals surface area contributed by atoms with Crippen LogP contribution in [0.5, 0.6) is 0 Å². The summed E-state index contributed by atoms with van der Waals surface area (Å²) in [5.41, 5.74) is 3.29. The second-order valence-electron chi connectivity index (χ2n) is 9.18. The van der Waals surface area contributed by atoms with Gasteiger partial charge in [0.25, 0.3) is 0 Å². The van der Waals surface area contributed by atoms with Gasteiger partial charge in [-0.05, 0) is 55.0 Å². The average molecular weight is 446 g/mol. The summed E-state index contributed by atoms with van der Waals surface area (Å²) in [4.78, 5) is 13.5. The van der Waals surface area contributed by atoms with Crippen LogP contribution < -0.4 is 10.6 Å². The summed E-state index contributed by atoms with van der Waals surface area (Å²) in [5, 5.41) is 15.1. The molecule has 1 aliphatic carbocycles. The van der Waals surface area contributed by atoms with Gasteiger partial charge < -0.3 is 10.6 Å². The maximum atomic E-state index is 14.0. The van der Waals surface area contributed by atoms with Gasteiger partial charge in [0, 0.05) is 49.4 Å².